The molecule has 2 aromatic heterocycles. The van der Waals surface area contributed by atoms with Crippen LogP contribution in [0.3, 0.4) is 0 Å². The molecule has 4 aromatic carbocycles. The van der Waals surface area contributed by atoms with Crippen LogP contribution in [0.2, 0.25) is 0 Å². The van der Waals surface area contributed by atoms with Crippen molar-refractivity contribution in [1.82, 2.24) is 9.97 Å². The normalized spacial score (nSPS) is 11.4. The SMILES string of the molecule is CCc1c(-c2ccc3cc(CCOS(C)(=O)=O)[nH]c3c2)nc(OCc2ccccc2)c(C(=O)OCc2ccccc2)c1OCc1ccccc1. The Morgan fingerprint density at radius 3 is 1.96 bits per heavy atom. The fraction of sp³-hybridized carbons (Fsp3) is 0.200. The first-order chi connectivity index (χ1) is 24.3. The van der Waals surface area contributed by atoms with Crippen molar-refractivity contribution in [2.24, 2.45) is 0 Å². The summed E-state index contributed by atoms with van der Waals surface area (Å²) in [6.45, 7) is 2.48. The summed E-state index contributed by atoms with van der Waals surface area (Å²) in [7, 11) is -3.53. The zero-order chi connectivity index (χ0) is 34.9. The molecule has 0 saturated carbocycles. The number of fused-ring (bicyclic) bond motifs is 1. The van der Waals surface area contributed by atoms with Gasteiger partial charge in [0.25, 0.3) is 10.1 Å². The number of esters is 1. The minimum absolute atomic E-state index is 0.0338. The lowest BCUT2D eigenvalue weighted by Gasteiger charge is -2.21. The molecule has 0 fully saturated rings. The van der Waals surface area contributed by atoms with Gasteiger partial charge in [0.1, 0.15) is 25.6 Å². The molecule has 10 heteroatoms. The molecule has 0 radical (unpaired) electrons. The Kier molecular flexibility index (Phi) is 10.9. The summed E-state index contributed by atoms with van der Waals surface area (Å²) in [5, 5.41) is 0.948. The van der Waals surface area contributed by atoms with Crippen molar-refractivity contribution in [3.8, 4) is 22.9 Å². The fourth-order valence-electron chi connectivity index (χ4n) is 5.61. The van der Waals surface area contributed by atoms with Crippen LogP contribution in [0.5, 0.6) is 11.6 Å². The highest BCUT2D eigenvalue weighted by molar-refractivity contribution is 7.85. The quantitative estimate of drug-likeness (QED) is 0.0857. The topological polar surface area (TPSA) is 117 Å². The lowest BCUT2D eigenvalue weighted by Crippen LogP contribution is -2.15. The van der Waals surface area contributed by atoms with E-state index in [0.717, 1.165) is 50.7 Å². The molecular formula is C40H38N2O7S. The van der Waals surface area contributed by atoms with Crippen LogP contribution in [0.4, 0.5) is 0 Å². The highest BCUT2D eigenvalue weighted by atomic mass is 32.2. The molecule has 0 unspecified atom stereocenters. The highest BCUT2D eigenvalue weighted by Gasteiger charge is 2.29. The second kappa shape index (κ2) is 15.8. The van der Waals surface area contributed by atoms with Gasteiger partial charge in [0.2, 0.25) is 5.88 Å². The van der Waals surface area contributed by atoms with Gasteiger partial charge in [-0.05, 0) is 40.6 Å². The Morgan fingerprint density at radius 2 is 1.36 bits per heavy atom. The molecule has 50 heavy (non-hydrogen) atoms. The van der Waals surface area contributed by atoms with E-state index in [9.17, 15) is 13.2 Å². The molecule has 0 amide bonds. The Morgan fingerprint density at radius 1 is 0.760 bits per heavy atom. The van der Waals surface area contributed by atoms with E-state index in [-0.39, 0.29) is 37.9 Å². The van der Waals surface area contributed by atoms with Gasteiger partial charge in [-0.15, -0.1) is 0 Å². The lowest BCUT2D eigenvalue weighted by molar-refractivity contribution is 0.0460. The number of benzene rings is 4. The predicted molar refractivity (Wildman–Crippen MR) is 193 cm³/mol. The molecule has 0 aliphatic rings. The fourth-order valence-corrected chi connectivity index (χ4v) is 6.00. The molecular weight excluding hydrogens is 653 g/mol. The van der Waals surface area contributed by atoms with Gasteiger partial charge in [-0.2, -0.15) is 8.42 Å². The van der Waals surface area contributed by atoms with Crippen LogP contribution in [0, 0.1) is 0 Å². The summed E-state index contributed by atoms with van der Waals surface area (Å²) in [4.78, 5) is 22.4. The van der Waals surface area contributed by atoms with Crippen LogP contribution in [0.15, 0.2) is 115 Å². The predicted octanol–water partition coefficient (Wildman–Crippen LogP) is 7.83. The maximum Gasteiger partial charge on any atom is 0.347 e. The Bertz CT molecular complexity index is 2170. The van der Waals surface area contributed by atoms with Gasteiger partial charge in [0, 0.05) is 28.8 Å². The number of carbonyl (C=O) groups excluding carboxylic acids is 1. The van der Waals surface area contributed by atoms with E-state index in [2.05, 4.69) is 4.98 Å². The van der Waals surface area contributed by atoms with Crippen LogP contribution < -0.4 is 9.47 Å². The number of hydrogen-bond acceptors (Lipinski definition) is 8. The maximum absolute atomic E-state index is 14.0. The number of aromatic nitrogens is 2. The molecule has 0 bridgehead atoms. The van der Waals surface area contributed by atoms with Crippen LogP contribution in [-0.2, 0) is 51.7 Å². The van der Waals surface area contributed by atoms with Gasteiger partial charge in [0.05, 0.1) is 18.6 Å². The second-order valence-electron chi connectivity index (χ2n) is 11.8. The van der Waals surface area contributed by atoms with Gasteiger partial charge in [0.15, 0.2) is 5.56 Å². The van der Waals surface area contributed by atoms with Gasteiger partial charge in [-0.1, -0.05) is 110 Å². The summed E-state index contributed by atoms with van der Waals surface area (Å²) in [5.74, 6) is -0.144. The number of nitrogens with one attached hydrogen (secondary N) is 1. The van der Waals surface area contributed by atoms with E-state index in [1.54, 1.807) is 0 Å². The molecule has 6 aromatic rings. The van der Waals surface area contributed by atoms with E-state index in [1.807, 2.05) is 122 Å². The number of nitrogens with zero attached hydrogens (tertiary/aromatic N) is 1. The van der Waals surface area contributed by atoms with Crippen LogP contribution in [0.1, 0.15) is 45.2 Å². The average molecular weight is 691 g/mol. The molecule has 0 saturated heterocycles. The number of H-pyrrole nitrogens is 1. The van der Waals surface area contributed by atoms with E-state index in [0.29, 0.717) is 24.3 Å². The molecule has 6 rings (SSSR count). The summed E-state index contributed by atoms with van der Waals surface area (Å²) in [5.41, 5.74) is 6.61. The van der Waals surface area contributed by atoms with Gasteiger partial charge in [-0.3, -0.25) is 4.18 Å². The lowest BCUT2D eigenvalue weighted by atomic mass is 9.99. The van der Waals surface area contributed by atoms with Crippen LogP contribution in [0.25, 0.3) is 22.2 Å². The summed E-state index contributed by atoms with van der Waals surface area (Å²) in [6.07, 6.45) is 1.93. The van der Waals surface area contributed by atoms with Crippen molar-refractivity contribution in [2.75, 3.05) is 12.9 Å². The van der Waals surface area contributed by atoms with Gasteiger partial charge < -0.3 is 19.2 Å². The summed E-state index contributed by atoms with van der Waals surface area (Å²) in [6, 6.07) is 36.8. The first kappa shape index (κ1) is 34.4. The third kappa shape index (κ3) is 8.76. The largest absolute Gasteiger partial charge is 0.487 e. The highest BCUT2D eigenvalue weighted by Crippen LogP contribution is 2.40. The van der Waals surface area contributed by atoms with Crippen molar-refractivity contribution >= 4 is 27.0 Å². The van der Waals surface area contributed by atoms with Crippen molar-refractivity contribution in [2.45, 2.75) is 39.6 Å². The van der Waals surface area contributed by atoms with Gasteiger partial charge >= 0.3 is 5.97 Å². The first-order valence-electron chi connectivity index (χ1n) is 16.3. The third-order valence-electron chi connectivity index (χ3n) is 8.05. The number of pyridine rings is 1. The summed E-state index contributed by atoms with van der Waals surface area (Å²) >= 11 is 0. The third-order valence-corrected chi connectivity index (χ3v) is 8.64. The maximum atomic E-state index is 14.0. The van der Waals surface area contributed by atoms with Crippen LogP contribution in [-0.4, -0.2) is 37.2 Å². The Labute approximate surface area is 292 Å². The molecule has 0 aliphatic carbocycles. The van der Waals surface area contributed by atoms with Crippen molar-refractivity contribution < 1.29 is 31.6 Å². The molecule has 256 valence electrons. The average Bonchev–Trinajstić information content (AvgIpc) is 3.54. The molecule has 0 spiro atoms. The monoisotopic (exact) mass is 690 g/mol. The zero-order valence-electron chi connectivity index (χ0n) is 27.9. The molecule has 0 atom stereocenters. The van der Waals surface area contributed by atoms with E-state index in [4.69, 9.17) is 23.4 Å². The number of rotatable bonds is 15. The molecule has 0 aliphatic heterocycles. The standard InChI is InChI=1S/C40H38N2O7S/c1-3-34-37(32-20-19-31-23-33(41-35(31)24-32)21-22-49-50(2,44)45)42-39(47-26-29-15-9-5-10-16-29)36(38(34)46-25-28-13-7-4-8-14-28)40(43)48-27-30-17-11-6-12-18-30/h4-20,23-24,41H,3,21-22,25-27H2,1-2H3. The number of aromatic amines is 1. The minimum Gasteiger partial charge on any atom is -0.487 e. The summed E-state index contributed by atoms with van der Waals surface area (Å²) < 4.78 is 46.6. The van der Waals surface area contributed by atoms with Crippen molar-refractivity contribution in [3.05, 3.63) is 149 Å². The smallest absolute Gasteiger partial charge is 0.347 e. The van der Waals surface area contributed by atoms with Crippen molar-refractivity contribution in [3.63, 3.8) is 0 Å². The second-order valence-corrected chi connectivity index (χ2v) is 13.4. The first-order valence-corrected chi connectivity index (χ1v) is 18.2. The van der Waals surface area contributed by atoms with Crippen LogP contribution >= 0.6 is 0 Å². The van der Waals surface area contributed by atoms with E-state index < -0.39 is 16.1 Å². The minimum atomic E-state index is -3.53. The zero-order valence-corrected chi connectivity index (χ0v) is 28.7. The molecule has 2 heterocycles. The number of hydrogen-bond donors (Lipinski definition) is 1. The number of ether oxygens (including phenoxy) is 3. The van der Waals surface area contributed by atoms with E-state index >= 15 is 0 Å². The Balaban J connectivity index is 1.44. The van der Waals surface area contributed by atoms with Gasteiger partial charge in [-0.25, -0.2) is 9.78 Å². The number of carbonyl (C=O) groups is 1. The molecule has 1 N–H and O–H groups in total. The Hall–Kier alpha value is -5.45. The van der Waals surface area contributed by atoms with Crippen molar-refractivity contribution in [1.29, 1.82) is 0 Å². The van der Waals surface area contributed by atoms with E-state index in [1.165, 1.54) is 0 Å². The molecule has 9 nitrogen and oxygen atoms in total.